The molecule has 1 unspecified atom stereocenters. The predicted octanol–water partition coefficient (Wildman–Crippen LogP) is 3.20. The van der Waals surface area contributed by atoms with E-state index >= 15 is 0 Å². The third kappa shape index (κ3) is 4.98. The maximum Gasteiger partial charge on any atom is 0.0515 e. The zero-order valence-electron chi connectivity index (χ0n) is 10.0. The number of hydrogen-bond acceptors (Lipinski definition) is 1. The Hall–Kier alpha value is -0.820. The summed E-state index contributed by atoms with van der Waals surface area (Å²) in [6.07, 6.45) is 2.77. The molecule has 84 valence electrons. The molecule has 0 aliphatic carbocycles. The van der Waals surface area contributed by atoms with E-state index in [0.29, 0.717) is 5.92 Å². The van der Waals surface area contributed by atoms with Gasteiger partial charge in [-0.1, -0.05) is 38.1 Å². The second-order valence-corrected chi connectivity index (χ2v) is 4.81. The number of aryl methyl sites for hydroxylation is 1. The summed E-state index contributed by atoms with van der Waals surface area (Å²) in [6, 6.07) is 8.72. The van der Waals surface area contributed by atoms with Crippen LogP contribution in [0.2, 0.25) is 0 Å². The van der Waals surface area contributed by atoms with Gasteiger partial charge in [-0.05, 0) is 43.2 Å². The van der Waals surface area contributed by atoms with Gasteiger partial charge in [0.15, 0.2) is 0 Å². The first-order valence-corrected chi connectivity index (χ1v) is 5.84. The topological polar surface area (TPSA) is 20.2 Å². The van der Waals surface area contributed by atoms with Crippen molar-refractivity contribution >= 4 is 0 Å². The third-order valence-corrected chi connectivity index (χ3v) is 2.49. The van der Waals surface area contributed by atoms with Crippen molar-refractivity contribution < 1.29 is 5.11 Å². The Morgan fingerprint density at radius 1 is 1.13 bits per heavy atom. The van der Waals surface area contributed by atoms with Crippen LogP contribution in [0.1, 0.15) is 38.3 Å². The van der Waals surface area contributed by atoms with Crippen LogP contribution in [0, 0.1) is 5.92 Å². The molecule has 1 aromatic carbocycles. The fourth-order valence-electron chi connectivity index (χ4n) is 1.76. The summed E-state index contributed by atoms with van der Waals surface area (Å²) in [7, 11) is 0. The minimum absolute atomic E-state index is 0.196. The molecule has 0 aliphatic heterocycles. The van der Waals surface area contributed by atoms with Crippen molar-refractivity contribution in [2.24, 2.45) is 5.92 Å². The van der Waals surface area contributed by atoms with Crippen LogP contribution in [0.5, 0.6) is 0 Å². The Kier molecular flexibility index (Phi) is 4.83. The van der Waals surface area contributed by atoms with E-state index < -0.39 is 0 Å². The molecule has 0 spiro atoms. The van der Waals surface area contributed by atoms with Gasteiger partial charge in [0.25, 0.3) is 0 Å². The zero-order valence-corrected chi connectivity index (χ0v) is 10.0. The van der Waals surface area contributed by atoms with Gasteiger partial charge in [0, 0.05) is 0 Å². The number of aliphatic hydroxyl groups is 1. The van der Waals surface area contributed by atoms with Crippen molar-refractivity contribution in [3.05, 3.63) is 35.4 Å². The van der Waals surface area contributed by atoms with Gasteiger partial charge < -0.3 is 5.11 Å². The van der Waals surface area contributed by atoms with Crippen LogP contribution in [-0.2, 0) is 12.8 Å². The van der Waals surface area contributed by atoms with Gasteiger partial charge in [0.2, 0.25) is 0 Å². The Morgan fingerprint density at radius 3 is 2.40 bits per heavy atom. The standard InChI is InChI=1S/C14H22O/c1-11(2)9-14-6-4-5-13(10-14)8-7-12(3)15/h4-6,10-12,15H,7-9H2,1-3H3. The zero-order chi connectivity index (χ0) is 11.3. The average Bonchev–Trinajstić information content (AvgIpc) is 2.14. The summed E-state index contributed by atoms with van der Waals surface area (Å²) in [4.78, 5) is 0. The SMILES string of the molecule is CC(C)Cc1cccc(CCC(C)O)c1. The minimum atomic E-state index is -0.196. The van der Waals surface area contributed by atoms with Crippen molar-refractivity contribution in [2.45, 2.75) is 46.1 Å². The first-order valence-electron chi connectivity index (χ1n) is 5.84. The van der Waals surface area contributed by atoms with E-state index in [-0.39, 0.29) is 6.10 Å². The fraction of sp³-hybridized carbons (Fsp3) is 0.571. The number of rotatable bonds is 5. The maximum atomic E-state index is 9.23. The van der Waals surface area contributed by atoms with Gasteiger partial charge in [0.05, 0.1) is 6.10 Å². The van der Waals surface area contributed by atoms with E-state index in [1.807, 2.05) is 6.92 Å². The molecule has 0 bridgehead atoms. The van der Waals surface area contributed by atoms with Crippen LogP contribution < -0.4 is 0 Å². The molecule has 0 saturated carbocycles. The van der Waals surface area contributed by atoms with Crippen molar-refractivity contribution in [3.63, 3.8) is 0 Å². The van der Waals surface area contributed by atoms with E-state index in [1.165, 1.54) is 11.1 Å². The summed E-state index contributed by atoms with van der Waals surface area (Å²) in [5, 5.41) is 9.23. The van der Waals surface area contributed by atoms with Gasteiger partial charge >= 0.3 is 0 Å². The average molecular weight is 206 g/mol. The molecule has 0 amide bonds. The summed E-state index contributed by atoms with van der Waals surface area (Å²) in [5.74, 6) is 0.706. The minimum Gasteiger partial charge on any atom is -0.393 e. The first kappa shape index (κ1) is 12.3. The Labute approximate surface area is 93.1 Å². The number of aliphatic hydroxyl groups excluding tert-OH is 1. The monoisotopic (exact) mass is 206 g/mol. The fourth-order valence-corrected chi connectivity index (χ4v) is 1.76. The molecular weight excluding hydrogens is 184 g/mol. The molecule has 0 heterocycles. The summed E-state index contributed by atoms with van der Waals surface area (Å²) in [5.41, 5.74) is 2.75. The van der Waals surface area contributed by atoms with Crippen molar-refractivity contribution in [2.75, 3.05) is 0 Å². The number of benzene rings is 1. The van der Waals surface area contributed by atoms with Gasteiger partial charge in [-0.25, -0.2) is 0 Å². The quantitative estimate of drug-likeness (QED) is 0.784. The molecule has 0 aromatic heterocycles. The molecule has 1 atom stereocenters. The Morgan fingerprint density at radius 2 is 1.80 bits per heavy atom. The molecule has 1 heteroatoms. The van der Waals surface area contributed by atoms with E-state index in [4.69, 9.17) is 0 Å². The van der Waals surface area contributed by atoms with Gasteiger partial charge in [0.1, 0.15) is 0 Å². The Bertz CT molecular complexity index is 289. The van der Waals surface area contributed by atoms with E-state index in [2.05, 4.69) is 38.1 Å². The molecule has 1 rings (SSSR count). The highest BCUT2D eigenvalue weighted by atomic mass is 16.3. The molecule has 15 heavy (non-hydrogen) atoms. The summed E-state index contributed by atoms with van der Waals surface area (Å²) in [6.45, 7) is 6.32. The normalized spacial score (nSPS) is 13.1. The third-order valence-electron chi connectivity index (χ3n) is 2.49. The first-order chi connectivity index (χ1) is 7.08. The highest BCUT2D eigenvalue weighted by Crippen LogP contribution is 2.12. The molecule has 1 nitrogen and oxygen atoms in total. The van der Waals surface area contributed by atoms with Crippen LogP contribution in [0.3, 0.4) is 0 Å². The highest BCUT2D eigenvalue weighted by molar-refractivity contribution is 5.23. The lowest BCUT2D eigenvalue weighted by molar-refractivity contribution is 0.185. The van der Waals surface area contributed by atoms with Gasteiger partial charge in [-0.15, -0.1) is 0 Å². The second kappa shape index (κ2) is 5.92. The summed E-state index contributed by atoms with van der Waals surface area (Å²) < 4.78 is 0. The number of hydrogen-bond donors (Lipinski definition) is 1. The van der Waals surface area contributed by atoms with Crippen LogP contribution in [0.15, 0.2) is 24.3 Å². The largest absolute Gasteiger partial charge is 0.393 e. The molecule has 0 aliphatic rings. The van der Waals surface area contributed by atoms with Crippen LogP contribution >= 0.6 is 0 Å². The van der Waals surface area contributed by atoms with E-state index in [1.54, 1.807) is 0 Å². The molecule has 1 aromatic rings. The molecule has 0 fully saturated rings. The molecule has 0 radical (unpaired) electrons. The van der Waals surface area contributed by atoms with Crippen LogP contribution in [0.25, 0.3) is 0 Å². The van der Waals surface area contributed by atoms with E-state index in [0.717, 1.165) is 19.3 Å². The highest BCUT2D eigenvalue weighted by Gasteiger charge is 2.01. The Balaban J connectivity index is 2.57. The lowest BCUT2D eigenvalue weighted by Gasteiger charge is -2.08. The van der Waals surface area contributed by atoms with Crippen molar-refractivity contribution in [1.29, 1.82) is 0 Å². The lowest BCUT2D eigenvalue weighted by atomic mass is 9.99. The van der Waals surface area contributed by atoms with Crippen molar-refractivity contribution in [3.8, 4) is 0 Å². The predicted molar refractivity (Wildman–Crippen MR) is 65.0 cm³/mol. The van der Waals surface area contributed by atoms with Crippen LogP contribution in [0.4, 0.5) is 0 Å². The molecule has 1 N–H and O–H groups in total. The van der Waals surface area contributed by atoms with E-state index in [9.17, 15) is 5.11 Å². The maximum absolute atomic E-state index is 9.23. The second-order valence-electron chi connectivity index (χ2n) is 4.81. The van der Waals surface area contributed by atoms with Gasteiger partial charge in [-0.2, -0.15) is 0 Å². The summed E-state index contributed by atoms with van der Waals surface area (Å²) >= 11 is 0. The molecular formula is C14H22O. The van der Waals surface area contributed by atoms with Crippen LogP contribution in [-0.4, -0.2) is 11.2 Å². The lowest BCUT2D eigenvalue weighted by Crippen LogP contribution is -2.02. The molecule has 0 saturated heterocycles. The smallest absolute Gasteiger partial charge is 0.0515 e. The van der Waals surface area contributed by atoms with Crippen molar-refractivity contribution in [1.82, 2.24) is 0 Å². The van der Waals surface area contributed by atoms with Gasteiger partial charge in [-0.3, -0.25) is 0 Å².